The Morgan fingerprint density at radius 1 is 1.10 bits per heavy atom. The Balaban J connectivity index is 1.48. The fourth-order valence-corrected chi connectivity index (χ4v) is 6.21. The Bertz CT molecular complexity index is 1110. The minimum absolute atomic E-state index is 0.0211. The number of non-ortho nitro benzene ring substituents is 1. The highest BCUT2D eigenvalue weighted by Gasteiger charge is 2.30. The van der Waals surface area contributed by atoms with E-state index in [1.165, 1.54) is 22.5 Å². The third-order valence-corrected chi connectivity index (χ3v) is 8.40. The van der Waals surface area contributed by atoms with Gasteiger partial charge < -0.3 is 10.2 Å². The molecule has 4 rings (SSSR count). The van der Waals surface area contributed by atoms with Gasteiger partial charge in [0.25, 0.3) is 5.69 Å². The molecule has 31 heavy (non-hydrogen) atoms. The van der Waals surface area contributed by atoms with Gasteiger partial charge in [0.15, 0.2) is 0 Å². The van der Waals surface area contributed by atoms with Crippen LogP contribution in [-0.4, -0.2) is 55.0 Å². The van der Waals surface area contributed by atoms with Crippen molar-refractivity contribution in [3.05, 3.63) is 52.6 Å². The lowest BCUT2D eigenvalue weighted by molar-refractivity contribution is -0.384. The molecule has 2 aliphatic rings. The number of amides is 1. The molecule has 2 aromatic rings. The molecule has 0 unspecified atom stereocenters. The molecular weight excluding hydrogens is 440 g/mol. The fourth-order valence-electron chi connectivity index (χ4n) is 3.71. The van der Waals surface area contributed by atoms with Gasteiger partial charge in [0.1, 0.15) is 0 Å². The summed E-state index contributed by atoms with van der Waals surface area (Å²) in [5.41, 5.74) is 1.37. The predicted octanol–water partition coefficient (Wildman–Crippen LogP) is 2.93. The van der Waals surface area contributed by atoms with Crippen molar-refractivity contribution in [3.63, 3.8) is 0 Å². The second-order valence-corrected chi connectivity index (χ2v) is 10.9. The lowest BCUT2D eigenvalue weighted by atomic mass is 10.2. The van der Waals surface area contributed by atoms with E-state index in [-0.39, 0.29) is 21.7 Å². The van der Waals surface area contributed by atoms with E-state index in [1.54, 1.807) is 36.0 Å². The van der Waals surface area contributed by atoms with Gasteiger partial charge in [-0.15, -0.1) is 11.8 Å². The van der Waals surface area contributed by atoms with Crippen LogP contribution in [0.15, 0.2) is 52.3 Å². The number of piperazine rings is 1. The summed E-state index contributed by atoms with van der Waals surface area (Å²) in [4.78, 5) is 25.4. The van der Waals surface area contributed by atoms with Crippen molar-refractivity contribution >= 4 is 44.8 Å². The van der Waals surface area contributed by atoms with E-state index in [1.807, 2.05) is 11.8 Å². The molecule has 9 nitrogen and oxygen atoms in total. The van der Waals surface area contributed by atoms with Crippen LogP contribution in [0.2, 0.25) is 0 Å². The zero-order chi connectivity index (χ0) is 22.2. The lowest BCUT2D eigenvalue weighted by Gasteiger charge is -2.35. The highest BCUT2D eigenvalue weighted by atomic mass is 32.2. The summed E-state index contributed by atoms with van der Waals surface area (Å²) in [5, 5.41) is 13.7. The van der Waals surface area contributed by atoms with Gasteiger partial charge >= 0.3 is 0 Å². The number of carbonyl (C=O) groups is 1. The highest BCUT2D eigenvalue weighted by Crippen LogP contribution is 2.37. The molecule has 2 aromatic carbocycles. The van der Waals surface area contributed by atoms with Gasteiger partial charge in [0, 0.05) is 60.6 Å². The van der Waals surface area contributed by atoms with E-state index < -0.39 is 14.9 Å². The Morgan fingerprint density at radius 2 is 1.77 bits per heavy atom. The molecule has 0 saturated carbocycles. The smallest absolute Gasteiger partial charge is 0.269 e. The number of fused-ring (bicyclic) bond motifs is 1. The molecule has 1 N–H and O–H groups in total. The standard InChI is InChI=1S/C20H22N4O5S2/c1-14-12-20(25)21-18-13-17(6-7-19(18)30-14)31(28,29)23-10-8-22(9-11-23)15-2-4-16(5-3-15)24(26)27/h2-7,13-14H,8-12H2,1H3,(H,21,25)/t14-/m1/s1. The van der Waals surface area contributed by atoms with Crippen molar-refractivity contribution in [3.8, 4) is 0 Å². The van der Waals surface area contributed by atoms with Crippen LogP contribution in [0.3, 0.4) is 0 Å². The Labute approximate surface area is 184 Å². The molecule has 0 bridgehead atoms. The summed E-state index contributed by atoms with van der Waals surface area (Å²) in [6.07, 6.45) is 0.381. The second kappa shape index (κ2) is 8.48. The molecule has 2 aliphatic heterocycles. The van der Waals surface area contributed by atoms with Gasteiger partial charge in [-0.05, 0) is 30.3 Å². The monoisotopic (exact) mass is 462 g/mol. The zero-order valence-electron chi connectivity index (χ0n) is 16.9. The predicted molar refractivity (Wildman–Crippen MR) is 119 cm³/mol. The first kappa shape index (κ1) is 21.6. The van der Waals surface area contributed by atoms with Crippen LogP contribution in [0.5, 0.6) is 0 Å². The van der Waals surface area contributed by atoms with Crippen LogP contribution in [0.4, 0.5) is 17.1 Å². The number of anilines is 2. The molecule has 0 aliphatic carbocycles. The minimum atomic E-state index is -3.71. The maximum atomic E-state index is 13.2. The number of nitrogens with zero attached hydrogens (tertiary/aromatic N) is 3. The number of benzene rings is 2. The fraction of sp³-hybridized carbons (Fsp3) is 0.350. The highest BCUT2D eigenvalue weighted by molar-refractivity contribution is 8.00. The van der Waals surface area contributed by atoms with Gasteiger partial charge in [0.05, 0.1) is 15.5 Å². The SMILES string of the molecule is C[C@@H]1CC(=O)Nc2cc(S(=O)(=O)N3CCN(c4ccc([N+](=O)[O-])cc4)CC3)ccc2S1. The van der Waals surface area contributed by atoms with Crippen molar-refractivity contribution in [2.75, 3.05) is 36.4 Å². The molecule has 164 valence electrons. The second-order valence-electron chi connectivity index (χ2n) is 7.50. The van der Waals surface area contributed by atoms with Gasteiger partial charge in [-0.2, -0.15) is 4.31 Å². The number of nitro benzene ring substituents is 1. The van der Waals surface area contributed by atoms with Gasteiger partial charge in [-0.3, -0.25) is 14.9 Å². The maximum Gasteiger partial charge on any atom is 0.269 e. The van der Waals surface area contributed by atoms with Gasteiger partial charge in [0.2, 0.25) is 15.9 Å². The number of nitrogens with one attached hydrogen (secondary N) is 1. The van der Waals surface area contributed by atoms with E-state index in [2.05, 4.69) is 5.32 Å². The van der Waals surface area contributed by atoms with Gasteiger partial charge in [-0.25, -0.2) is 8.42 Å². The van der Waals surface area contributed by atoms with E-state index >= 15 is 0 Å². The van der Waals surface area contributed by atoms with Crippen LogP contribution in [0.25, 0.3) is 0 Å². The average molecular weight is 463 g/mol. The van der Waals surface area contributed by atoms with Crippen molar-refractivity contribution in [1.82, 2.24) is 4.31 Å². The summed E-state index contributed by atoms with van der Waals surface area (Å²) in [6, 6.07) is 11.1. The van der Waals surface area contributed by atoms with Crippen LogP contribution >= 0.6 is 11.8 Å². The maximum absolute atomic E-state index is 13.2. The van der Waals surface area contributed by atoms with E-state index in [9.17, 15) is 23.3 Å². The molecule has 1 saturated heterocycles. The molecule has 0 aromatic heterocycles. The van der Waals surface area contributed by atoms with Crippen molar-refractivity contribution in [2.45, 2.75) is 28.4 Å². The summed E-state index contributed by atoms with van der Waals surface area (Å²) in [5.74, 6) is -0.120. The first-order valence-corrected chi connectivity index (χ1v) is 12.2. The number of thioether (sulfide) groups is 1. The number of nitro groups is 1. The largest absolute Gasteiger partial charge is 0.369 e. The number of rotatable bonds is 4. The first-order valence-electron chi connectivity index (χ1n) is 9.84. The van der Waals surface area contributed by atoms with Crippen LogP contribution in [0, 0.1) is 10.1 Å². The molecule has 0 radical (unpaired) electrons. The Hall–Kier alpha value is -2.63. The topological polar surface area (TPSA) is 113 Å². The Morgan fingerprint density at radius 3 is 2.42 bits per heavy atom. The third kappa shape index (κ3) is 4.53. The summed E-state index contributed by atoms with van der Waals surface area (Å²) >= 11 is 1.55. The summed E-state index contributed by atoms with van der Waals surface area (Å²) in [6.45, 7) is 3.52. The molecule has 2 heterocycles. The average Bonchev–Trinajstić information content (AvgIpc) is 2.89. The third-order valence-electron chi connectivity index (χ3n) is 5.33. The number of carbonyl (C=O) groups excluding carboxylic acids is 1. The van der Waals surface area contributed by atoms with Gasteiger partial charge in [-0.1, -0.05) is 6.92 Å². The molecular formula is C20H22N4O5S2. The van der Waals surface area contributed by atoms with Crippen molar-refractivity contribution in [1.29, 1.82) is 0 Å². The quantitative estimate of drug-likeness (QED) is 0.549. The molecule has 1 amide bonds. The first-order chi connectivity index (χ1) is 14.7. The Kier molecular flexibility index (Phi) is 5.91. The van der Waals surface area contributed by atoms with E-state index in [0.29, 0.717) is 38.3 Å². The summed E-state index contributed by atoms with van der Waals surface area (Å²) in [7, 11) is -3.71. The molecule has 0 spiro atoms. The van der Waals surface area contributed by atoms with Crippen molar-refractivity contribution in [2.24, 2.45) is 0 Å². The van der Waals surface area contributed by atoms with Crippen molar-refractivity contribution < 1.29 is 18.1 Å². The number of hydrogen-bond donors (Lipinski definition) is 1. The molecule has 11 heteroatoms. The number of sulfonamides is 1. The normalized spacial score (nSPS) is 20.0. The molecule has 1 fully saturated rings. The number of hydrogen-bond acceptors (Lipinski definition) is 7. The van der Waals surface area contributed by atoms with Crippen LogP contribution in [0.1, 0.15) is 13.3 Å². The van der Waals surface area contributed by atoms with E-state index in [0.717, 1.165) is 10.6 Å². The van der Waals surface area contributed by atoms with Crippen LogP contribution in [-0.2, 0) is 14.8 Å². The van der Waals surface area contributed by atoms with E-state index in [4.69, 9.17) is 0 Å². The minimum Gasteiger partial charge on any atom is -0.369 e. The lowest BCUT2D eigenvalue weighted by Crippen LogP contribution is -2.48. The zero-order valence-corrected chi connectivity index (χ0v) is 18.5. The summed E-state index contributed by atoms with van der Waals surface area (Å²) < 4.78 is 27.8. The molecule has 1 atom stereocenters. The van der Waals surface area contributed by atoms with Crippen LogP contribution < -0.4 is 10.2 Å².